The lowest BCUT2D eigenvalue weighted by atomic mass is 10.2. The van der Waals surface area contributed by atoms with Crippen LogP contribution in [-0.4, -0.2) is 44.2 Å². The van der Waals surface area contributed by atoms with Gasteiger partial charge in [-0.2, -0.15) is 11.8 Å². The van der Waals surface area contributed by atoms with Crippen molar-refractivity contribution >= 4 is 27.5 Å². The van der Waals surface area contributed by atoms with Crippen LogP contribution in [0.1, 0.15) is 13.8 Å². The molecule has 0 saturated heterocycles. The molecule has 0 aliphatic rings. The number of aliphatic hydroxyl groups is 1. The number of hydrogen-bond donors (Lipinski definition) is 3. The van der Waals surface area contributed by atoms with Crippen molar-refractivity contribution in [3.8, 4) is 0 Å². The number of thioether (sulfide) groups is 1. The van der Waals surface area contributed by atoms with Crippen LogP contribution in [0.2, 0.25) is 0 Å². The predicted molar refractivity (Wildman–Crippen MR) is 84.8 cm³/mol. The van der Waals surface area contributed by atoms with E-state index in [4.69, 9.17) is 0 Å². The zero-order chi connectivity index (χ0) is 15.2. The van der Waals surface area contributed by atoms with E-state index < -0.39 is 10.0 Å². The minimum absolute atomic E-state index is 0.0891. The van der Waals surface area contributed by atoms with E-state index in [0.717, 1.165) is 5.69 Å². The summed E-state index contributed by atoms with van der Waals surface area (Å²) >= 11 is 1.59. The minimum atomic E-state index is -3.40. The van der Waals surface area contributed by atoms with E-state index in [1.807, 2.05) is 13.2 Å². The fourth-order valence-corrected chi connectivity index (χ4v) is 3.46. The van der Waals surface area contributed by atoms with Crippen LogP contribution in [0.25, 0.3) is 0 Å². The quantitative estimate of drug-likeness (QED) is 0.677. The lowest BCUT2D eigenvalue weighted by Gasteiger charge is -2.22. The Bertz CT molecular complexity index is 499. The molecular formula is C13H22N2O3S2. The lowest BCUT2D eigenvalue weighted by molar-refractivity contribution is 0.288. The molecule has 0 saturated carbocycles. The molecule has 1 aromatic carbocycles. The largest absolute Gasteiger partial charge is 0.395 e. The zero-order valence-electron chi connectivity index (χ0n) is 12.0. The number of sulfonamides is 1. The molecule has 0 heterocycles. The third-order valence-corrected chi connectivity index (χ3v) is 5.66. The number of aliphatic hydroxyl groups excluding tert-OH is 1. The first kappa shape index (κ1) is 17.3. The van der Waals surface area contributed by atoms with Gasteiger partial charge in [0.1, 0.15) is 0 Å². The summed E-state index contributed by atoms with van der Waals surface area (Å²) in [5.74, 6) is 0. The highest BCUT2D eigenvalue weighted by atomic mass is 32.2. The van der Waals surface area contributed by atoms with Crippen LogP contribution in [0.15, 0.2) is 29.2 Å². The molecule has 0 amide bonds. The van der Waals surface area contributed by atoms with Gasteiger partial charge in [-0.25, -0.2) is 13.1 Å². The van der Waals surface area contributed by atoms with E-state index in [1.54, 1.807) is 43.0 Å². The average molecular weight is 318 g/mol. The fraction of sp³-hybridized carbons (Fsp3) is 0.538. The van der Waals surface area contributed by atoms with E-state index in [9.17, 15) is 13.5 Å². The summed E-state index contributed by atoms with van der Waals surface area (Å²) < 4.78 is 26.0. The van der Waals surface area contributed by atoms with Gasteiger partial charge in [0.05, 0.1) is 11.5 Å². The second-order valence-corrected chi connectivity index (χ2v) is 7.26. The molecule has 0 aliphatic carbocycles. The number of anilines is 1. The highest BCUT2D eigenvalue weighted by Gasteiger charge is 2.16. The van der Waals surface area contributed by atoms with Crippen LogP contribution < -0.4 is 10.0 Å². The molecule has 0 aromatic heterocycles. The SMILES string of the molecule is CCNS(=O)(=O)c1ccc(NC(C)C(CO)SC)cc1. The maximum atomic E-state index is 11.8. The van der Waals surface area contributed by atoms with E-state index in [2.05, 4.69) is 10.0 Å². The van der Waals surface area contributed by atoms with E-state index in [-0.39, 0.29) is 22.8 Å². The molecule has 20 heavy (non-hydrogen) atoms. The summed E-state index contributed by atoms with van der Waals surface area (Å²) in [5.41, 5.74) is 0.834. The molecular weight excluding hydrogens is 296 g/mol. The van der Waals surface area contributed by atoms with E-state index >= 15 is 0 Å². The van der Waals surface area contributed by atoms with Gasteiger partial charge in [-0.05, 0) is 37.4 Å². The van der Waals surface area contributed by atoms with Gasteiger partial charge in [0.25, 0.3) is 0 Å². The Morgan fingerprint density at radius 1 is 1.30 bits per heavy atom. The van der Waals surface area contributed by atoms with E-state index in [1.165, 1.54) is 0 Å². The first-order valence-electron chi connectivity index (χ1n) is 6.44. The highest BCUT2D eigenvalue weighted by molar-refractivity contribution is 7.99. The molecule has 0 bridgehead atoms. The van der Waals surface area contributed by atoms with Crippen LogP contribution in [0.5, 0.6) is 0 Å². The van der Waals surface area contributed by atoms with Crippen LogP contribution in [0.4, 0.5) is 5.69 Å². The zero-order valence-corrected chi connectivity index (χ0v) is 13.6. The van der Waals surface area contributed by atoms with Crippen molar-refractivity contribution in [3.63, 3.8) is 0 Å². The number of benzene rings is 1. The van der Waals surface area contributed by atoms with Gasteiger partial charge in [-0.1, -0.05) is 6.92 Å². The minimum Gasteiger partial charge on any atom is -0.395 e. The molecule has 1 aromatic rings. The van der Waals surface area contributed by atoms with Gasteiger partial charge in [0.15, 0.2) is 0 Å². The Balaban J connectivity index is 2.77. The molecule has 0 aliphatic heterocycles. The molecule has 114 valence electrons. The molecule has 0 spiro atoms. The summed E-state index contributed by atoms with van der Waals surface area (Å²) in [5, 5.41) is 12.6. The molecule has 2 unspecified atom stereocenters. The summed E-state index contributed by atoms with van der Waals surface area (Å²) in [6, 6.07) is 6.69. The lowest BCUT2D eigenvalue weighted by Crippen LogP contribution is -2.30. The van der Waals surface area contributed by atoms with Gasteiger partial charge >= 0.3 is 0 Å². The summed E-state index contributed by atoms with van der Waals surface area (Å²) in [6.45, 7) is 4.20. The third kappa shape index (κ3) is 4.66. The second kappa shape index (κ2) is 7.87. The topological polar surface area (TPSA) is 78.4 Å². The van der Waals surface area contributed by atoms with Gasteiger partial charge in [0, 0.05) is 23.5 Å². The average Bonchev–Trinajstić information content (AvgIpc) is 2.40. The fourth-order valence-electron chi connectivity index (χ4n) is 1.80. The number of hydrogen-bond acceptors (Lipinski definition) is 5. The molecule has 5 nitrogen and oxygen atoms in total. The van der Waals surface area contributed by atoms with Crippen LogP contribution in [-0.2, 0) is 10.0 Å². The van der Waals surface area contributed by atoms with Crippen molar-refractivity contribution in [2.75, 3.05) is 24.7 Å². The maximum Gasteiger partial charge on any atom is 0.240 e. The van der Waals surface area contributed by atoms with E-state index in [0.29, 0.717) is 6.54 Å². The van der Waals surface area contributed by atoms with Gasteiger partial charge < -0.3 is 10.4 Å². The Morgan fingerprint density at radius 3 is 2.35 bits per heavy atom. The van der Waals surface area contributed by atoms with Crippen molar-refractivity contribution in [3.05, 3.63) is 24.3 Å². The van der Waals surface area contributed by atoms with Crippen molar-refractivity contribution < 1.29 is 13.5 Å². The monoisotopic (exact) mass is 318 g/mol. The number of rotatable bonds is 8. The maximum absolute atomic E-state index is 11.8. The number of nitrogens with one attached hydrogen (secondary N) is 2. The third-order valence-electron chi connectivity index (χ3n) is 2.93. The highest BCUT2D eigenvalue weighted by Crippen LogP contribution is 2.18. The second-order valence-electron chi connectivity index (χ2n) is 4.42. The molecule has 3 N–H and O–H groups in total. The summed E-state index contributed by atoms with van der Waals surface area (Å²) in [7, 11) is -3.40. The first-order valence-corrected chi connectivity index (χ1v) is 9.21. The first-order chi connectivity index (χ1) is 9.44. The Labute approximate surface area is 125 Å². The molecule has 1 rings (SSSR count). The normalized spacial score (nSPS) is 14.8. The van der Waals surface area contributed by atoms with Gasteiger partial charge in [0.2, 0.25) is 10.0 Å². The van der Waals surface area contributed by atoms with Gasteiger partial charge in [-0.3, -0.25) is 0 Å². The van der Waals surface area contributed by atoms with Crippen LogP contribution in [0.3, 0.4) is 0 Å². The van der Waals surface area contributed by atoms with Crippen molar-refractivity contribution in [2.45, 2.75) is 30.0 Å². The standard InChI is InChI=1S/C13H22N2O3S2/c1-4-14-20(17,18)12-7-5-11(6-8-12)15-10(2)13(9-16)19-3/h5-8,10,13-16H,4,9H2,1-3H3. The van der Waals surface area contributed by atoms with Crippen molar-refractivity contribution in [1.82, 2.24) is 4.72 Å². The predicted octanol–water partition coefficient (Wildman–Crippen LogP) is 1.51. The Morgan fingerprint density at radius 2 is 1.90 bits per heavy atom. The molecule has 2 atom stereocenters. The van der Waals surface area contributed by atoms with Gasteiger partial charge in [-0.15, -0.1) is 0 Å². The molecule has 0 fully saturated rings. The van der Waals surface area contributed by atoms with Crippen LogP contribution >= 0.6 is 11.8 Å². The summed E-state index contributed by atoms with van der Waals surface area (Å²) in [4.78, 5) is 0.251. The Hall–Kier alpha value is -0.760. The summed E-state index contributed by atoms with van der Waals surface area (Å²) in [6.07, 6.45) is 1.95. The van der Waals surface area contributed by atoms with Crippen molar-refractivity contribution in [1.29, 1.82) is 0 Å². The smallest absolute Gasteiger partial charge is 0.240 e. The van der Waals surface area contributed by atoms with Crippen LogP contribution in [0, 0.1) is 0 Å². The molecule has 0 radical (unpaired) electrons. The molecule has 7 heteroatoms. The van der Waals surface area contributed by atoms with Crippen molar-refractivity contribution in [2.24, 2.45) is 0 Å². The Kier molecular flexibility index (Phi) is 6.81.